The normalized spacial score (nSPS) is 31.1. The Labute approximate surface area is 116 Å². The minimum Gasteiger partial charge on any atom is -0.395 e. The predicted octanol–water partition coefficient (Wildman–Crippen LogP) is 1.49. The summed E-state index contributed by atoms with van der Waals surface area (Å²) in [6.45, 7) is 4.68. The van der Waals surface area contributed by atoms with Crippen LogP contribution < -0.4 is 5.73 Å². The van der Waals surface area contributed by atoms with Gasteiger partial charge in [0.2, 0.25) is 0 Å². The van der Waals surface area contributed by atoms with Crippen molar-refractivity contribution < 1.29 is 9.13 Å². The van der Waals surface area contributed by atoms with E-state index >= 15 is 0 Å². The van der Waals surface area contributed by atoms with Gasteiger partial charge in [0.15, 0.2) is 0 Å². The van der Waals surface area contributed by atoms with Gasteiger partial charge in [-0.15, -0.1) is 0 Å². The number of nitrogens with two attached hydrogens (primary N) is 1. The van der Waals surface area contributed by atoms with E-state index in [-0.39, 0.29) is 11.6 Å². The second kappa shape index (κ2) is 4.61. The monoisotopic (exact) mass is 288 g/mol. The van der Waals surface area contributed by atoms with Crippen LogP contribution in [0.1, 0.15) is 19.4 Å². The third-order valence-electron chi connectivity index (χ3n) is 4.17. The molecule has 1 aromatic heterocycles. The van der Waals surface area contributed by atoms with Crippen molar-refractivity contribution in [1.29, 1.82) is 0 Å². The van der Waals surface area contributed by atoms with Crippen molar-refractivity contribution in [1.82, 2.24) is 14.7 Å². The highest BCUT2D eigenvalue weighted by Gasteiger charge is 2.44. The molecule has 3 rings (SSSR count). The van der Waals surface area contributed by atoms with Gasteiger partial charge >= 0.3 is 0 Å². The number of halogens is 2. The number of anilines is 1. The first-order chi connectivity index (χ1) is 9.01. The third-order valence-corrected chi connectivity index (χ3v) is 4.56. The van der Waals surface area contributed by atoms with Crippen LogP contribution in [0.3, 0.4) is 0 Å². The second-order valence-electron chi connectivity index (χ2n) is 5.64. The molecule has 5 nitrogen and oxygen atoms in total. The zero-order valence-corrected chi connectivity index (χ0v) is 11.6. The molecule has 0 aromatic carbocycles. The molecule has 0 bridgehead atoms. The maximum Gasteiger partial charge on any atom is 0.150 e. The molecule has 2 aliphatic rings. The van der Waals surface area contributed by atoms with Gasteiger partial charge in [-0.3, -0.25) is 4.90 Å². The van der Waals surface area contributed by atoms with Gasteiger partial charge in [-0.25, -0.2) is 9.07 Å². The standard InChI is InChI=1S/C12H18ClFN4O/c1-12(6-19-7-12)17-3-2-10(8(14)5-17)18-11(13)9(15)4-16-18/h4,8,10H,2-3,5-7,15H2,1H3/t8-,10-/m1/s1. The molecule has 3 heterocycles. The first kappa shape index (κ1) is 13.1. The van der Waals surface area contributed by atoms with Gasteiger partial charge in [0.1, 0.15) is 11.3 Å². The Hall–Kier alpha value is -0.850. The number of alkyl halides is 1. The molecule has 19 heavy (non-hydrogen) atoms. The van der Waals surface area contributed by atoms with Crippen molar-refractivity contribution in [3.63, 3.8) is 0 Å². The third kappa shape index (κ3) is 2.11. The van der Waals surface area contributed by atoms with Crippen molar-refractivity contribution in [2.75, 3.05) is 32.0 Å². The van der Waals surface area contributed by atoms with Gasteiger partial charge < -0.3 is 10.5 Å². The molecule has 2 N–H and O–H groups in total. The summed E-state index contributed by atoms with van der Waals surface area (Å²) in [6, 6.07) is -0.328. The first-order valence-electron chi connectivity index (χ1n) is 6.46. The van der Waals surface area contributed by atoms with E-state index in [1.807, 2.05) is 0 Å². The lowest BCUT2D eigenvalue weighted by Crippen LogP contribution is -2.63. The largest absolute Gasteiger partial charge is 0.395 e. The van der Waals surface area contributed by atoms with Crippen LogP contribution in [0.25, 0.3) is 0 Å². The summed E-state index contributed by atoms with van der Waals surface area (Å²) in [6.07, 6.45) is 1.16. The van der Waals surface area contributed by atoms with E-state index < -0.39 is 6.17 Å². The van der Waals surface area contributed by atoms with Crippen molar-refractivity contribution in [2.24, 2.45) is 0 Å². The number of rotatable bonds is 2. The molecule has 0 radical (unpaired) electrons. The number of nitrogen functional groups attached to an aromatic ring is 1. The average molecular weight is 289 g/mol. The summed E-state index contributed by atoms with van der Waals surface area (Å²) < 4.78 is 21.2. The van der Waals surface area contributed by atoms with Gasteiger partial charge in [-0.2, -0.15) is 5.10 Å². The Bertz CT molecular complexity index is 476. The minimum absolute atomic E-state index is 0.0117. The molecule has 0 unspecified atom stereocenters. The van der Waals surface area contributed by atoms with Crippen LogP contribution in [-0.2, 0) is 4.74 Å². The lowest BCUT2D eigenvalue weighted by Gasteiger charge is -2.50. The zero-order valence-electron chi connectivity index (χ0n) is 10.9. The van der Waals surface area contributed by atoms with Crippen LogP contribution in [0.15, 0.2) is 6.20 Å². The van der Waals surface area contributed by atoms with E-state index in [0.29, 0.717) is 37.0 Å². The fourth-order valence-electron chi connectivity index (χ4n) is 2.83. The summed E-state index contributed by atoms with van der Waals surface area (Å²) in [4.78, 5) is 2.17. The smallest absolute Gasteiger partial charge is 0.150 e. The van der Waals surface area contributed by atoms with Crippen LogP contribution in [0, 0.1) is 0 Å². The van der Waals surface area contributed by atoms with Crippen LogP contribution in [0.2, 0.25) is 5.15 Å². The summed E-state index contributed by atoms with van der Waals surface area (Å²) >= 11 is 6.05. The van der Waals surface area contributed by atoms with E-state index in [2.05, 4.69) is 16.9 Å². The van der Waals surface area contributed by atoms with Crippen LogP contribution >= 0.6 is 11.6 Å². The quantitative estimate of drug-likeness (QED) is 0.896. The zero-order chi connectivity index (χ0) is 13.6. The number of hydrogen-bond acceptors (Lipinski definition) is 4. The molecule has 106 valence electrons. The van der Waals surface area contributed by atoms with Crippen molar-refractivity contribution >= 4 is 17.3 Å². The molecular formula is C12H18ClFN4O. The Morgan fingerprint density at radius 2 is 2.32 bits per heavy atom. The molecule has 0 spiro atoms. The van der Waals surface area contributed by atoms with E-state index in [9.17, 15) is 4.39 Å². The lowest BCUT2D eigenvalue weighted by atomic mass is 9.92. The van der Waals surface area contributed by atoms with Gasteiger partial charge in [0.25, 0.3) is 0 Å². The maximum atomic E-state index is 14.4. The fourth-order valence-corrected chi connectivity index (χ4v) is 3.05. The van der Waals surface area contributed by atoms with Gasteiger partial charge in [0.05, 0.1) is 36.7 Å². The number of ether oxygens (including phenoxy) is 1. The number of hydrogen-bond donors (Lipinski definition) is 1. The molecule has 2 atom stereocenters. The van der Waals surface area contributed by atoms with Gasteiger partial charge in [-0.1, -0.05) is 11.6 Å². The summed E-state index contributed by atoms with van der Waals surface area (Å²) in [7, 11) is 0. The van der Waals surface area contributed by atoms with Crippen LogP contribution in [-0.4, -0.2) is 52.7 Å². The number of aromatic nitrogens is 2. The number of nitrogens with zero attached hydrogens (tertiary/aromatic N) is 3. The highest BCUT2D eigenvalue weighted by atomic mass is 35.5. The van der Waals surface area contributed by atoms with E-state index in [4.69, 9.17) is 22.1 Å². The van der Waals surface area contributed by atoms with Crippen molar-refractivity contribution in [3.05, 3.63) is 11.3 Å². The second-order valence-corrected chi connectivity index (χ2v) is 6.00. The molecule has 2 aliphatic heterocycles. The minimum atomic E-state index is -0.997. The average Bonchev–Trinajstić information content (AvgIpc) is 2.67. The van der Waals surface area contributed by atoms with Crippen molar-refractivity contribution in [3.8, 4) is 0 Å². The summed E-state index contributed by atoms with van der Waals surface area (Å²) in [5.74, 6) is 0. The predicted molar refractivity (Wildman–Crippen MR) is 71.0 cm³/mol. The Kier molecular flexibility index (Phi) is 3.19. The number of likely N-dealkylation sites (tertiary alicyclic amines) is 1. The Balaban J connectivity index is 1.72. The van der Waals surface area contributed by atoms with Gasteiger partial charge in [0, 0.05) is 13.1 Å². The molecule has 0 saturated carbocycles. The van der Waals surface area contributed by atoms with E-state index in [0.717, 1.165) is 6.54 Å². The molecular weight excluding hydrogens is 271 g/mol. The molecule has 1 aromatic rings. The highest BCUT2D eigenvalue weighted by Crippen LogP contribution is 2.34. The Morgan fingerprint density at radius 1 is 1.58 bits per heavy atom. The molecule has 2 saturated heterocycles. The summed E-state index contributed by atoms with van der Waals surface area (Å²) in [5, 5.41) is 4.42. The molecule has 2 fully saturated rings. The van der Waals surface area contributed by atoms with Crippen molar-refractivity contribution in [2.45, 2.75) is 31.1 Å². The lowest BCUT2D eigenvalue weighted by molar-refractivity contribution is -0.145. The van der Waals surface area contributed by atoms with Crippen LogP contribution in [0.5, 0.6) is 0 Å². The van der Waals surface area contributed by atoms with E-state index in [1.54, 1.807) is 0 Å². The highest BCUT2D eigenvalue weighted by molar-refractivity contribution is 6.32. The van der Waals surface area contributed by atoms with Gasteiger partial charge in [-0.05, 0) is 13.3 Å². The van der Waals surface area contributed by atoms with Crippen LogP contribution in [0.4, 0.5) is 10.1 Å². The molecule has 7 heteroatoms. The first-order valence-corrected chi connectivity index (χ1v) is 6.84. The van der Waals surface area contributed by atoms with E-state index in [1.165, 1.54) is 10.9 Å². The fraction of sp³-hybridized carbons (Fsp3) is 0.750. The number of piperidine rings is 1. The molecule has 0 aliphatic carbocycles. The summed E-state index contributed by atoms with van der Waals surface area (Å²) in [5.41, 5.74) is 6.04. The topological polar surface area (TPSA) is 56.3 Å². The molecule has 0 amide bonds. The maximum absolute atomic E-state index is 14.4. The SMILES string of the molecule is CC1(N2CC[C@@H](n3ncc(N)c3Cl)[C@H](F)C2)COC1. The Morgan fingerprint density at radius 3 is 2.79 bits per heavy atom.